The molecule has 1 aliphatic rings. The van der Waals surface area contributed by atoms with Gasteiger partial charge in [0.15, 0.2) is 0 Å². The van der Waals surface area contributed by atoms with E-state index in [1.165, 1.54) is 36.3 Å². The molecule has 0 aliphatic carbocycles. The van der Waals surface area contributed by atoms with Gasteiger partial charge in [-0.05, 0) is 50.5 Å². The molecule has 0 bridgehead atoms. The molecule has 3 heteroatoms. The van der Waals surface area contributed by atoms with Crippen LogP contribution in [0.2, 0.25) is 0 Å². The van der Waals surface area contributed by atoms with Gasteiger partial charge in [0.1, 0.15) is 6.29 Å². The maximum atomic E-state index is 10.9. The molecule has 1 atom stereocenters. The summed E-state index contributed by atoms with van der Waals surface area (Å²) in [7, 11) is 0. The maximum Gasteiger partial charge on any atom is 0.150 e. The molecule has 0 spiro atoms. The Bertz CT molecular complexity index is 453. The second kappa shape index (κ2) is 6.40. The zero-order valence-corrected chi connectivity index (χ0v) is 13.2. The third kappa shape index (κ3) is 3.04. The molecule has 1 aromatic rings. The zero-order chi connectivity index (χ0) is 14.7. The molecule has 1 aliphatic heterocycles. The van der Waals surface area contributed by atoms with Crippen LogP contribution in [0.3, 0.4) is 0 Å². The molecule has 110 valence electrons. The summed E-state index contributed by atoms with van der Waals surface area (Å²) in [5, 5.41) is 0. The van der Waals surface area contributed by atoms with Crippen molar-refractivity contribution < 1.29 is 9.69 Å². The van der Waals surface area contributed by atoms with Crippen molar-refractivity contribution in [2.45, 2.75) is 40.2 Å². The molecule has 2 rings (SSSR count). The first-order valence-electron chi connectivity index (χ1n) is 7.72. The Morgan fingerprint density at radius 2 is 1.80 bits per heavy atom. The summed E-state index contributed by atoms with van der Waals surface area (Å²) in [6.07, 6.45) is 2.19. The number of rotatable bonds is 4. The van der Waals surface area contributed by atoms with Crippen molar-refractivity contribution in [3.05, 3.63) is 28.8 Å². The van der Waals surface area contributed by atoms with E-state index < -0.39 is 0 Å². The topological polar surface area (TPSA) is 24.8 Å². The van der Waals surface area contributed by atoms with Gasteiger partial charge < -0.3 is 9.80 Å². The number of quaternary nitrogens is 1. The standard InChI is InChI=1S/C17H26N2O/c1-5-15(4)18-6-8-19(9-7-18)17-13(2)10-16(12-20)11-14(17)3/h10-12,15H,5-9H2,1-4H3/p+1/t15-/m0/s1. The van der Waals surface area contributed by atoms with Crippen molar-refractivity contribution >= 4 is 12.0 Å². The van der Waals surface area contributed by atoms with Gasteiger partial charge in [-0.25, -0.2) is 0 Å². The third-order valence-corrected chi connectivity index (χ3v) is 4.68. The predicted molar refractivity (Wildman–Crippen MR) is 84.0 cm³/mol. The van der Waals surface area contributed by atoms with Crippen LogP contribution in [-0.4, -0.2) is 38.5 Å². The second-order valence-corrected chi connectivity index (χ2v) is 6.08. The van der Waals surface area contributed by atoms with Crippen molar-refractivity contribution in [3.63, 3.8) is 0 Å². The van der Waals surface area contributed by atoms with Gasteiger partial charge in [0.2, 0.25) is 0 Å². The molecule has 1 heterocycles. The van der Waals surface area contributed by atoms with Gasteiger partial charge in [0, 0.05) is 11.3 Å². The van der Waals surface area contributed by atoms with Gasteiger partial charge in [0.05, 0.1) is 32.2 Å². The lowest BCUT2D eigenvalue weighted by Crippen LogP contribution is -3.17. The van der Waals surface area contributed by atoms with Crippen LogP contribution in [0.25, 0.3) is 0 Å². The number of carbonyl (C=O) groups is 1. The highest BCUT2D eigenvalue weighted by molar-refractivity contribution is 5.78. The van der Waals surface area contributed by atoms with Crippen molar-refractivity contribution in [2.75, 3.05) is 31.1 Å². The fraction of sp³-hybridized carbons (Fsp3) is 0.588. The first kappa shape index (κ1) is 15.0. The number of benzene rings is 1. The van der Waals surface area contributed by atoms with Crippen molar-refractivity contribution in [1.29, 1.82) is 0 Å². The van der Waals surface area contributed by atoms with Crippen LogP contribution in [0.15, 0.2) is 12.1 Å². The number of nitrogens with zero attached hydrogens (tertiary/aromatic N) is 1. The Kier molecular flexibility index (Phi) is 4.81. The van der Waals surface area contributed by atoms with Gasteiger partial charge >= 0.3 is 0 Å². The number of anilines is 1. The molecule has 0 saturated carbocycles. The molecular weight excluding hydrogens is 248 g/mol. The Hall–Kier alpha value is -1.35. The van der Waals surface area contributed by atoms with E-state index in [9.17, 15) is 4.79 Å². The SMILES string of the molecule is CC[C@H](C)[NH+]1CCN(c2c(C)cc(C=O)cc2C)CC1. The number of hydrogen-bond acceptors (Lipinski definition) is 2. The lowest BCUT2D eigenvalue weighted by molar-refractivity contribution is -0.924. The molecule has 1 N–H and O–H groups in total. The number of piperazine rings is 1. The van der Waals surface area contributed by atoms with E-state index in [2.05, 4.69) is 32.6 Å². The van der Waals surface area contributed by atoms with Crippen LogP contribution < -0.4 is 9.80 Å². The number of nitrogens with one attached hydrogen (secondary N) is 1. The molecule has 0 amide bonds. The van der Waals surface area contributed by atoms with Crippen LogP contribution in [0.4, 0.5) is 5.69 Å². The summed E-state index contributed by atoms with van der Waals surface area (Å²) in [6, 6.07) is 4.77. The minimum Gasteiger partial charge on any atom is -0.360 e. The monoisotopic (exact) mass is 275 g/mol. The van der Waals surface area contributed by atoms with Crippen LogP contribution in [-0.2, 0) is 0 Å². The zero-order valence-electron chi connectivity index (χ0n) is 13.2. The molecule has 0 unspecified atom stereocenters. The fourth-order valence-electron chi connectivity index (χ4n) is 3.36. The summed E-state index contributed by atoms with van der Waals surface area (Å²) < 4.78 is 0. The first-order valence-corrected chi connectivity index (χ1v) is 7.72. The highest BCUT2D eigenvalue weighted by Crippen LogP contribution is 2.26. The minimum atomic E-state index is 0.761. The van der Waals surface area contributed by atoms with Gasteiger partial charge in [-0.2, -0.15) is 0 Å². The largest absolute Gasteiger partial charge is 0.360 e. The van der Waals surface area contributed by atoms with Crippen molar-refractivity contribution in [2.24, 2.45) is 0 Å². The van der Waals surface area contributed by atoms with E-state index in [0.29, 0.717) is 0 Å². The van der Waals surface area contributed by atoms with Crippen molar-refractivity contribution in [1.82, 2.24) is 0 Å². The average Bonchev–Trinajstić information content (AvgIpc) is 2.46. The van der Waals surface area contributed by atoms with E-state index in [4.69, 9.17) is 0 Å². The summed E-state index contributed by atoms with van der Waals surface area (Å²) in [4.78, 5) is 15.1. The maximum absolute atomic E-state index is 10.9. The van der Waals surface area contributed by atoms with Gasteiger partial charge in [0.25, 0.3) is 0 Å². The van der Waals surface area contributed by atoms with Crippen LogP contribution in [0.1, 0.15) is 41.8 Å². The predicted octanol–water partition coefficient (Wildman–Crippen LogP) is 1.62. The molecule has 20 heavy (non-hydrogen) atoms. The normalized spacial score (nSPS) is 18.1. The Balaban J connectivity index is 2.13. The second-order valence-electron chi connectivity index (χ2n) is 6.08. The highest BCUT2D eigenvalue weighted by Gasteiger charge is 2.25. The van der Waals surface area contributed by atoms with Gasteiger partial charge in [-0.15, -0.1) is 0 Å². The van der Waals surface area contributed by atoms with E-state index in [1.807, 2.05) is 12.1 Å². The number of carbonyl (C=O) groups excluding carboxylic acids is 1. The Labute approximate surface area is 122 Å². The van der Waals surface area contributed by atoms with Crippen LogP contribution in [0, 0.1) is 13.8 Å². The molecule has 0 aromatic heterocycles. The van der Waals surface area contributed by atoms with E-state index in [1.54, 1.807) is 4.90 Å². The summed E-state index contributed by atoms with van der Waals surface area (Å²) >= 11 is 0. The Morgan fingerprint density at radius 1 is 1.25 bits per heavy atom. The van der Waals surface area contributed by atoms with E-state index in [0.717, 1.165) is 31.0 Å². The molecule has 0 radical (unpaired) electrons. The summed E-state index contributed by atoms with van der Waals surface area (Å²) in [5.74, 6) is 0. The quantitative estimate of drug-likeness (QED) is 0.845. The minimum absolute atomic E-state index is 0.761. The molecular formula is C17H27N2O+. The highest BCUT2D eigenvalue weighted by atomic mass is 16.1. The molecule has 1 fully saturated rings. The lowest BCUT2D eigenvalue weighted by atomic mass is 10.0. The third-order valence-electron chi connectivity index (χ3n) is 4.68. The van der Waals surface area contributed by atoms with Crippen LogP contribution in [0.5, 0.6) is 0 Å². The smallest absolute Gasteiger partial charge is 0.150 e. The van der Waals surface area contributed by atoms with Gasteiger partial charge in [-0.1, -0.05) is 6.92 Å². The van der Waals surface area contributed by atoms with Crippen LogP contribution >= 0.6 is 0 Å². The van der Waals surface area contributed by atoms with E-state index in [-0.39, 0.29) is 0 Å². The van der Waals surface area contributed by atoms with E-state index >= 15 is 0 Å². The molecule has 1 aromatic carbocycles. The Morgan fingerprint density at radius 3 is 2.25 bits per heavy atom. The molecule has 1 saturated heterocycles. The number of aryl methyl sites for hydroxylation is 2. The van der Waals surface area contributed by atoms with Crippen molar-refractivity contribution in [3.8, 4) is 0 Å². The molecule has 3 nitrogen and oxygen atoms in total. The number of hydrogen-bond donors (Lipinski definition) is 1. The van der Waals surface area contributed by atoms with Gasteiger partial charge in [-0.3, -0.25) is 4.79 Å². The summed E-state index contributed by atoms with van der Waals surface area (Å²) in [5.41, 5.74) is 4.56. The fourth-order valence-corrected chi connectivity index (χ4v) is 3.36. The first-order chi connectivity index (χ1) is 9.56. The number of aldehydes is 1. The lowest BCUT2D eigenvalue weighted by Gasteiger charge is -2.37. The average molecular weight is 275 g/mol. The summed E-state index contributed by atoms with van der Waals surface area (Å²) in [6.45, 7) is 13.5.